The van der Waals surface area contributed by atoms with Crippen molar-refractivity contribution in [3.63, 3.8) is 0 Å². The lowest BCUT2D eigenvalue weighted by Crippen LogP contribution is -2.51. The van der Waals surface area contributed by atoms with Crippen LogP contribution < -0.4 is 0 Å². The third kappa shape index (κ3) is 3.69. The minimum Gasteiger partial charge on any atom is -0.373 e. The maximum Gasteiger partial charge on any atom is 0.501 e. The van der Waals surface area contributed by atoms with Gasteiger partial charge in [-0.1, -0.05) is 0 Å². The first-order chi connectivity index (χ1) is 6.54. The molecule has 1 heterocycles. The van der Waals surface area contributed by atoms with E-state index in [1.165, 1.54) is 6.42 Å². The first-order valence-electron chi connectivity index (χ1n) is 5.54. The second-order valence-corrected chi connectivity index (χ2v) is 6.95. The smallest absolute Gasteiger partial charge is 0.373 e. The molecule has 0 bridgehead atoms. The van der Waals surface area contributed by atoms with Crippen LogP contribution in [0.25, 0.3) is 0 Å². The highest BCUT2D eigenvalue weighted by atomic mass is 28.4. The Bertz CT molecular complexity index is 153. The first kappa shape index (κ1) is 12.2. The van der Waals surface area contributed by atoms with Crippen LogP contribution in [0.15, 0.2) is 0 Å². The van der Waals surface area contributed by atoms with Gasteiger partial charge in [0, 0.05) is 24.9 Å². The Labute approximate surface area is 88.1 Å². The fraction of sp³-hybridized carbons (Fsp3) is 1.00. The van der Waals surface area contributed by atoms with E-state index in [2.05, 4.69) is 0 Å². The van der Waals surface area contributed by atoms with E-state index in [9.17, 15) is 0 Å². The third-order valence-corrected chi connectivity index (χ3v) is 5.30. The summed E-state index contributed by atoms with van der Waals surface area (Å²) in [6.07, 6.45) is 2.69. The quantitative estimate of drug-likeness (QED) is 0.679. The molecule has 0 saturated carbocycles. The number of hydrogen-bond donors (Lipinski definition) is 0. The van der Waals surface area contributed by atoms with Crippen LogP contribution in [0.2, 0.25) is 6.04 Å². The average molecular weight is 218 g/mol. The first-order valence-corrected chi connectivity index (χ1v) is 7.47. The molecule has 0 atom stereocenters. The Morgan fingerprint density at radius 1 is 1.00 bits per heavy atom. The maximum absolute atomic E-state index is 5.88. The summed E-state index contributed by atoms with van der Waals surface area (Å²) in [7, 11) is -2.31. The monoisotopic (exact) mass is 218 g/mol. The molecule has 1 saturated heterocycles. The molecule has 0 unspecified atom stereocenters. The predicted molar refractivity (Wildman–Crippen MR) is 58.2 cm³/mol. The van der Waals surface area contributed by atoms with E-state index < -0.39 is 8.80 Å². The lowest BCUT2D eigenvalue weighted by molar-refractivity contribution is 0.00920. The summed E-state index contributed by atoms with van der Waals surface area (Å²) in [5.74, 6) is 0. The van der Waals surface area contributed by atoms with Crippen molar-refractivity contribution in [2.75, 3.05) is 6.61 Å². The van der Waals surface area contributed by atoms with Gasteiger partial charge in [0.25, 0.3) is 0 Å². The largest absolute Gasteiger partial charge is 0.501 e. The fourth-order valence-electron chi connectivity index (χ4n) is 1.68. The van der Waals surface area contributed by atoms with Gasteiger partial charge in [-0.3, -0.25) is 0 Å². The summed E-state index contributed by atoms with van der Waals surface area (Å²) < 4.78 is 17.5. The van der Waals surface area contributed by atoms with Crippen molar-refractivity contribution < 1.29 is 13.3 Å². The van der Waals surface area contributed by atoms with Crippen LogP contribution >= 0.6 is 0 Å². The highest BCUT2D eigenvalue weighted by Gasteiger charge is 2.44. The molecule has 3 nitrogen and oxygen atoms in total. The highest BCUT2D eigenvalue weighted by molar-refractivity contribution is 6.61. The number of hydrogen-bond acceptors (Lipinski definition) is 3. The molecular weight excluding hydrogens is 196 g/mol. The van der Waals surface area contributed by atoms with Crippen LogP contribution in [-0.4, -0.2) is 27.6 Å². The predicted octanol–water partition coefficient (Wildman–Crippen LogP) is 2.59. The van der Waals surface area contributed by atoms with Gasteiger partial charge in [0.15, 0.2) is 0 Å². The highest BCUT2D eigenvalue weighted by Crippen LogP contribution is 2.26. The van der Waals surface area contributed by atoms with E-state index in [-0.39, 0.29) is 12.2 Å². The second-order valence-electron chi connectivity index (χ2n) is 4.32. The lowest BCUT2D eigenvalue weighted by atomic mass is 10.4. The zero-order valence-corrected chi connectivity index (χ0v) is 10.7. The zero-order chi connectivity index (χ0) is 10.6. The SMILES string of the molecule is CC(C)O[Si]1(OC(C)C)CCCCO1. The molecule has 0 radical (unpaired) electrons. The van der Waals surface area contributed by atoms with Gasteiger partial charge in [-0.05, 0) is 40.5 Å². The van der Waals surface area contributed by atoms with Crippen LogP contribution in [-0.2, 0) is 13.3 Å². The normalized spacial score (nSPS) is 21.9. The Hall–Kier alpha value is 0.0969. The van der Waals surface area contributed by atoms with Gasteiger partial charge < -0.3 is 13.3 Å². The molecular formula is C10H22O3Si. The molecule has 0 amide bonds. The van der Waals surface area contributed by atoms with Gasteiger partial charge in [0.2, 0.25) is 0 Å². The molecule has 0 aromatic heterocycles. The summed E-state index contributed by atoms with van der Waals surface area (Å²) in [5, 5.41) is 0. The average Bonchev–Trinajstić information content (AvgIpc) is 2.01. The van der Waals surface area contributed by atoms with Gasteiger partial charge in [-0.2, -0.15) is 0 Å². The van der Waals surface area contributed by atoms with E-state index in [1.54, 1.807) is 0 Å². The molecule has 0 spiro atoms. The molecule has 14 heavy (non-hydrogen) atoms. The number of rotatable bonds is 4. The van der Waals surface area contributed by atoms with Gasteiger partial charge in [0.05, 0.1) is 0 Å². The molecule has 1 fully saturated rings. The molecule has 0 aliphatic carbocycles. The molecule has 84 valence electrons. The Morgan fingerprint density at radius 3 is 1.93 bits per heavy atom. The van der Waals surface area contributed by atoms with Crippen LogP contribution in [0.5, 0.6) is 0 Å². The summed E-state index contributed by atoms with van der Waals surface area (Å²) in [6.45, 7) is 8.95. The maximum atomic E-state index is 5.88. The van der Waals surface area contributed by atoms with Crippen molar-refractivity contribution in [1.29, 1.82) is 0 Å². The lowest BCUT2D eigenvalue weighted by Gasteiger charge is -2.35. The van der Waals surface area contributed by atoms with Gasteiger partial charge >= 0.3 is 8.80 Å². The van der Waals surface area contributed by atoms with Crippen LogP contribution in [0.1, 0.15) is 40.5 Å². The Balaban J connectivity index is 2.57. The van der Waals surface area contributed by atoms with E-state index in [4.69, 9.17) is 13.3 Å². The third-order valence-electron chi connectivity index (χ3n) is 2.03. The van der Waals surface area contributed by atoms with E-state index in [0.717, 1.165) is 19.1 Å². The Morgan fingerprint density at radius 2 is 1.57 bits per heavy atom. The standard InChI is InChI=1S/C10H22O3Si/c1-9(2)12-14(13-10(3)4)8-6-5-7-11-14/h9-10H,5-8H2,1-4H3. The molecule has 1 aliphatic heterocycles. The van der Waals surface area contributed by atoms with Crippen molar-refractivity contribution in [1.82, 2.24) is 0 Å². The van der Waals surface area contributed by atoms with E-state index >= 15 is 0 Å². The molecule has 0 N–H and O–H groups in total. The van der Waals surface area contributed by atoms with Crippen LogP contribution in [0.4, 0.5) is 0 Å². The van der Waals surface area contributed by atoms with Crippen molar-refractivity contribution in [3.05, 3.63) is 0 Å². The molecule has 1 aliphatic rings. The Kier molecular flexibility index (Phi) is 4.57. The van der Waals surface area contributed by atoms with Crippen LogP contribution in [0.3, 0.4) is 0 Å². The van der Waals surface area contributed by atoms with Crippen molar-refractivity contribution in [2.45, 2.75) is 58.8 Å². The molecule has 0 aromatic rings. The van der Waals surface area contributed by atoms with Crippen molar-refractivity contribution >= 4 is 8.80 Å². The molecule has 0 aromatic carbocycles. The minimum atomic E-state index is -2.31. The van der Waals surface area contributed by atoms with Gasteiger partial charge in [0.1, 0.15) is 0 Å². The topological polar surface area (TPSA) is 27.7 Å². The van der Waals surface area contributed by atoms with Gasteiger partial charge in [-0.25, -0.2) is 0 Å². The van der Waals surface area contributed by atoms with Gasteiger partial charge in [-0.15, -0.1) is 0 Å². The zero-order valence-electron chi connectivity index (χ0n) is 9.71. The minimum absolute atomic E-state index is 0.193. The second kappa shape index (κ2) is 5.26. The molecule has 4 heteroatoms. The van der Waals surface area contributed by atoms with Crippen molar-refractivity contribution in [3.8, 4) is 0 Å². The summed E-state index contributed by atoms with van der Waals surface area (Å²) >= 11 is 0. The van der Waals surface area contributed by atoms with E-state index in [0.29, 0.717) is 0 Å². The van der Waals surface area contributed by atoms with Crippen LogP contribution in [0, 0.1) is 0 Å². The van der Waals surface area contributed by atoms with Crippen molar-refractivity contribution in [2.24, 2.45) is 0 Å². The summed E-state index contributed by atoms with van der Waals surface area (Å²) in [6, 6.07) is 0.976. The summed E-state index contributed by atoms with van der Waals surface area (Å²) in [4.78, 5) is 0. The molecule has 1 rings (SSSR count). The fourth-order valence-corrected chi connectivity index (χ4v) is 4.82. The summed E-state index contributed by atoms with van der Waals surface area (Å²) in [5.41, 5.74) is 0. The van der Waals surface area contributed by atoms with E-state index in [1.807, 2.05) is 27.7 Å².